The van der Waals surface area contributed by atoms with E-state index < -0.39 is 11.6 Å². The van der Waals surface area contributed by atoms with Crippen LogP contribution in [0.2, 0.25) is 0 Å². The topological polar surface area (TPSA) is 58.9 Å². The van der Waals surface area contributed by atoms with E-state index in [2.05, 4.69) is 20.2 Å². The van der Waals surface area contributed by atoms with Gasteiger partial charge < -0.3 is 10.2 Å². The lowest BCUT2D eigenvalue weighted by molar-refractivity contribution is 0.289. The average Bonchev–Trinajstić information content (AvgIpc) is 3.20. The Morgan fingerprint density at radius 2 is 1.84 bits per heavy atom. The molecule has 0 amide bonds. The molecule has 8 heteroatoms. The molecule has 7 rings (SSSR count). The average molecular weight is 418 g/mol. The van der Waals surface area contributed by atoms with Gasteiger partial charge in [-0.05, 0) is 49.2 Å². The van der Waals surface area contributed by atoms with Gasteiger partial charge in [-0.3, -0.25) is 9.55 Å². The van der Waals surface area contributed by atoms with E-state index in [1.165, 1.54) is 18.6 Å². The first kappa shape index (κ1) is 18.4. The quantitative estimate of drug-likeness (QED) is 0.550. The van der Waals surface area contributed by atoms with Crippen LogP contribution in [0.4, 0.5) is 14.6 Å². The largest absolute Gasteiger partial charge is 0.351 e. The summed E-state index contributed by atoms with van der Waals surface area (Å²) in [5, 5.41) is 3.56. The molecule has 0 spiro atoms. The molecule has 6 heterocycles. The molecule has 0 aliphatic carbocycles. The van der Waals surface area contributed by atoms with Crippen molar-refractivity contribution in [2.45, 2.75) is 24.9 Å². The molecule has 3 aromatic heterocycles. The minimum atomic E-state index is -0.923. The Kier molecular flexibility index (Phi) is 4.21. The van der Waals surface area contributed by atoms with E-state index in [1.807, 2.05) is 24.3 Å². The Morgan fingerprint density at radius 1 is 0.968 bits per heavy atom. The Bertz CT molecular complexity index is 1260. The Balaban J connectivity index is 1.57. The SMILES string of the molecule is Fc1cccc(-c2nc3ccc(N4CC5CCC4CN5)nc3n2-c2ccncc2)c1F. The minimum Gasteiger partial charge on any atom is -0.351 e. The van der Waals surface area contributed by atoms with E-state index in [0.29, 0.717) is 29.1 Å². The molecule has 31 heavy (non-hydrogen) atoms. The summed E-state index contributed by atoms with van der Waals surface area (Å²) >= 11 is 0. The van der Waals surface area contributed by atoms with Crippen LogP contribution in [-0.2, 0) is 0 Å². The number of pyridine rings is 2. The number of fused-ring (bicyclic) bond motifs is 4. The third kappa shape index (κ3) is 2.97. The number of halogens is 2. The van der Waals surface area contributed by atoms with E-state index in [9.17, 15) is 8.78 Å². The highest BCUT2D eigenvalue weighted by Crippen LogP contribution is 2.33. The third-order valence-corrected chi connectivity index (χ3v) is 6.25. The number of hydrogen-bond donors (Lipinski definition) is 1. The fourth-order valence-electron chi connectivity index (χ4n) is 4.69. The fraction of sp³-hybridized carbons (Fsp3) is 0.261. The normalized spacial score (nSPS) is 20.5. The van der Waals surface area contributed by atoms with Gasteiger partial charge in [0.1, 0.15) is 17.2 Å². The highest BCUT2D eigenvalue weighted by Gasteiger charge is 2.34. The first-order chi connectivity index (χ1) is 15.2. The molecule has 1 aromatic carbocycles. The van der Waals surface area contributed by atoms with Gasteiger partial charge in [0.05, 0.1) is 11.3 Å². The molecule has 2 atom stereocenters. The molecule has 1 N–H and O–H groups in total. The number of anilines is 1. The van der Waals surface area contributed by atoms with Crippen molar-refractivity contribution in [2.24, 2.45) is 0 Å². The van der Waals surface area contributed by atoms with Gasteiger partial charge >= 0.3 is 0 Å². The van der Waals surface area contributed by atoms with Gasteiger partial charge in [0.25, 0.3) is 0 Å². The van der Waals surface area contributed by atoms with Crippen molar-refractivity contribution in [3.8, 4) is 17.1 Å². The third-order valence-electron chi connectivity index (χ3n) is 6.25. The van der Waals surface area contributed by atoms with Crippen LogP contribution in [0.5, 0.6) is 0 Å². The van der Waals surface area contributed by atoms with Gasteiger partial charge in [-0.15, -0.1) is 0 Å². The molecule has 3 aliphatic heterocycles. The van der Waals surface area contributed by atoms with Gasteiger partial charge in [-0.1, -0.05) is 6.07 Å². The highest BCUT2D eigenvalue weighted by atomic mass is 19.2. The van der Waals surface area contributed by atoms with E-state index in [-0.39, 0.29) is 5.56 Å². The second-order valence-corrected chi connectivity index (χ2v) is 8.08. The van der Waals surface area contributed by atoms with Gasteiger partial charge in [0.2, 0.25) is 0 Å². The maximum absolute atomic E-state index is 14.7. The van der Waals surface area contributed by atoms with Crippen LogP contribution in [0.15, 0.2) is 54.9 Å². The van der Waals surface area contributed by atoms with E-state index in [4.69, 9.17) is 4.98 Å². The Labute approximate surface area is 177 Å². The van der Waals surface area contributed by atoms with Crippen LogP contribution in [0.1, 0.15) is 12.8 Å². The van der Waals surface area contributed by atoms with Crippen LogP contribution in [0.3, 0.4) is 0 Å². The standard InChI is InChI=1S/C23H20F2N6/c24-18-3-1-2-17(21(18)25)22-28-19-6-7-20(30-13-14-4-5-16(30)12-27-14)29-23(19)31(22)15-8-10-26-11-9-15/h1-3,6-11,14,16,27H,4-5,12-13H2. The van der Waals surface area contributed by atoms with Crippen molar-refractivity contribution < 1.29 is 8.78 Å². The Hall–Kier alpha value is -3.39. The predicted molar refractivity (Wildman–Crippen MR) is 114 cm³/mol. The lowest BCUT2D eigenvalue weighted by Crippen LogP contribution is -2.61. The number of nitrogens with zero attached hydrogens (tertiary/aromatic N) is 5. The highest BCUT2D eigenvalue weighted by molar-refractivity contribution is 5.81. The molecular weight excluding hydrogens is 398 g/mol. The zero-order valence-corrected chi connectivity index (χ0v) is 16.7. The first-order valence-electron chi connectivity index (χ1n) is 10.4. The van der Waals surface area contributed by atoms with Crippen LogP contribution in [0.25, 0.3) is 28.2 Å². The summed E-state index contributed by atoms with van der Waals surface area (Å²) in [4.78, 5) is 16.0. The second kappa shape index (κ2) is 7.09. The van der Waals surface area contributed by atoms with Crippen molar-refractivity contribution in [2.75, 3.05) is 18.0 Å². The first-order valence-corrected chi connectivity index (χ1v) is 10.4. The van der Waals surface area contributed by atoms with E-state index in [0.717, 1.165) is 37.1 Å². The summed E-state index contributed by atoms with van der Waals surface area (Å²) < 4.78 is 30.5. The van der Waals surface area contributed by atoms with Gasteiger partial charge in [0, 0.05) is 37.6 Å². The molecule has 3 aliphatic rings. The summed E-state index contributed by atoms with van der Waals surface area (Å²) in [6.07, 6.45) is 5.64. The molecule has 156 valence electrons. The van der Waals surface area contributed by atoms with Gasteiger partial charge in [-0.25, -0.2) is 18.7 Å². The summed E-state index contributed by atoms with van der Waals surface area (Å²) in [7, 11) is 0. The van der Waals surface area contributed by atoms with Crippen LogP contribution < -0.4 is 10.2 Å². The number of nitrogens with one attached hydrogen (secondary N) is 1. The number of imidazole rings is 1. The number of hydrogen-bond acceptors (Lipinski definition) is 5. The molecule has 3 fully saturated rings. The molecule has 0 radical (unpaired) electrons. The van der Waals surface area contributed by atoms with E-state index in [1.54, 1.807) is 17.0 Å². The maximum atomic E-state index is 14.7. The fourth-order valence-corrected chi connectivity index (χ4v) is 4.69. The molecule has 2 unspecified atom stereocenters. The zero-order chi connectivity index (χ0) is 20.9. The number of aromatic nitrogens is 4. The second-order valence-electron chi connectivity index (χ2n) is 8.08. The zero-order valence-electron chi connectivity index (χ0n) is 16.7. The molecule has 3 saturated heterocycles. The number of rotatable bonds is 3. The van der Waals surface area contributed by atoms with Gasteiger partial charge in [-0.2, -0.15) is 0 Å². The molecule has 4 aromatic rings. The molecule has 6 nitrogen and oxygen atoms in total. The molecule has 2 bridgehead atoms. The van der Waals surface area contributed by atoms with Crippen molar-refractivity contribution in [3.63, 3.8) is 0 Å². The summed E-state index contributed by atoms with van der Waals surface area (Å²) in [6, 6.07) is 12.5. The molecular formula is C23H20F2N6. The lowest BCUT2D eigenvalue weighted by atomic mass is 9.93. The summed E-state index contributed by atoms with van der Waals surface area (Å²) in [5.41, 5.74) is 2.07. The predicted octanol–water partition coefficient (Wildman–Crippen LogP) is 3.70. The summed E-state index contributed by atoms with van der Waals surface area (Å²) in [6.45, 7) is 1.87. The smallest absolute Gasteiger partial charge is 0.169 e. The maximum Gasteiger partial charge on any atom is 0.169 e. The van der Waals surface area contributed by atoms with Crippen molar-refractivity contribution in [1.82, 2.24) is 24.8 Å². The minimum absolute atomic E-state index is 0.0950. The summed E-state index contributed by atoms with van der Waals surface area (Å²) in [5.74, 6) is -0.640. The van der Waals surface area contributed by atoms with Crippen LogP contribution in [0, 0.1) is 11.6 Å². The van der Waals surface area contributed by atoms with Crippen molar-refractivity contribution >= 4 is 17.0 Å². The monoisotopic (exact) mass is 418 g/mol. The Morgan fingerprint density at radius 3 is 2.58 bits per heavy atom. The van der Waals surface area contributed by atoms with Crippen LogP contribution in [-0.4, -0.2) is 44.7 Å². The molecule has 0 saturated carbocycles. The van der Waals surface area contributed by atoms with Crippen LogP contribution >= 0.6 is 0 Å². The number of benzene rings is 1. The lowest BCUT2D eigenvalue weighted by Gasteiger charge is -2.46. The van der Waals surface area contributed by atoms with Crippen molar-refractivity contribution in [3.05, 3.63) is 66.5 Å². The number of piperidine rings is 2. The van der Waals surface area contributed by atoms with Gasteiger partial charge in [0.15, 0.2) is 17.3 Å². The number of piperazine rings is 1. The van der Waals surface area contributed by atoms with Crippen molar-refractivity contribution in [1.29, 1.82) is 0 Å². The van der Waals surface area contributed by atoms with E-state index >= 15 is 0 Å².